The fraction of sp³-hybridized carbons (Fsp3) is 0.429. The molecule has 0 aliphatic heterocycles. The predicted octanol–water partition coefficient (Wildman–Crippen LogP) is 3.83. The number of aliphatic hydroxyl groups excluding tert-OH is 1. The molecule has 0 aliphatic carbocycles. The summed E-state index contributed by atoms with van der Waals surface area (Å²) in [5.41, 5.74) is 3.50. The Kier molecular flexibility index (Phi) is 7.76. The lowest BCUT2D eigenvalue weighted by Gasteiger charge is -2.16. The summed E-state index contributed by atoms with van der Waals surface area (Å²) in [6.45, 7) is 8.06. The molecule has 2 aromatic carbocycles. The van der Waals surface area contributed by atoms with Crippen molar-refractivity contribution in [3.8, 4) is 11.5 Å². The van der Waals surface area contributed by atoms with Crippen molar-refractivity contribution >= 4 is 0 Å². The summed E-state index contributed by atoms with van der Waals surface area (Å²) >= 11 is 0. The molecule has 0 amide bonds. The van der Waals surface area contributed by atoms with Gasteiger partial charge >= 0.3 is 0 Å². The molecule has 4 nitrogen and oxygen atoms in total. The molecule has 1 unspecified atom stereocenters. The average Bonchev–Trinajstić information content (AvgIpc) is 2.63. The lowest BCUT2D eigenvalue weighted by molar-refractivity contribution is 0.238. The first-order valence-electron chi connectivity index (χ1n) is 8.95. The predicted molar refractivity (Wildman–Crippen MR) is 101 cm³/mol. The second-order valence-corrected chi connectivity index (χ2v) is 6.10. The van der Waals surface area contributed by atoms with Gasteiger partial charge in [-0.25, -0.2) is 0 Å². The number of rotatable bonds is 10. The summed E-state index contributed by atoms with van der Waals surface area (Å²) in [5, 5.41) is 12.6. The summed E-state index contributed by atoms with van der Waals surface area (Å²) in [7, 11) is 0. The van der Waals surface area contributed by atoms with Gasteiger partial charge in [0.15, 0.2) is 11.5 Å². The van der Waals surface area contributed by atoms with Gasteiger partial charge < -0.3 is 19.9 Å². The van der Waals surface area contributed by atoms with Crippen molar-refractivity contribution in [2.75, 3.05) is 13.2 Å². The zero-order valence-corrected chi connectivity index (χ0v) is 15.4. The zero-order chi connectivity index (χ0) is 18.1. The van der Waals surface area contributed by atoms with Gasteiger partial charge in [-0.2, -0.15) is 0 Å². The molecule has 0 radical (unpaired) electrons. The molecule has 0 spiro atoms. The summed E-state index contributed by atoms with van der Waals surface area (Å²) in [4.78, 5) is 0. The number of hydrogen-bond acceptors (Lipinski definition) is 4. The lowest BCUT2D eigenvalue weighted by Crippen LogP contribution is -2.31. The molecule has 0 saturated carbocycles. The van der Waals surface area contributed by atoms with Gasteiger partial charge in [-0.3, -0.25) is 0 Å². The Hall–Kier alpha value is -2.04. The van der Waals surface area contributed by atoms with E-state index in [2.05, 4.69) is 31.3 Å². The first-order valence-corrected chi connectivity index (χ1v) is 8.95. The second kappa shape index (κ2) is 10.1. The van der Waals surface area contributed by atoms with Crippen LogP contribution in [0, 0.1) is 6.92 Å². The molecule has 2 rings (SSSR count). The Morgan fingerprint density at radius 3 is 2.52 bits per heavy atom. The van der Waals surface area contributed by atoms with E-state index < -0.39 is 0 Å². The van der Waals surface area contributed by atoms with Crippen LogP contribution in [-0.4, -0.2) is 24.4 Å². The molecule has 0 heterocycles. The van der Waals surface area contributed by atoms with Crippen LogP contribution in [0.25, 0.3) is 0 Å². The van der Waals surface area contributed by atoms with Crippen molar-refractivity contribution < 1.29 is 14.6 Å². The molecule has 0 aromatic heterocycles. The van der Waals surface area contributed by atoms with E-state index in [1.54, 1.807) is 0 Å². The summed E-state index contributed by atoms with van der Waals surface area (Å²) in [6.07, 6.45) is 0.895. The maximum absolute atomic E-state index is 9.28. The Balaban J connectivity index is 2.06. The van der Waals surface area contributed by atoms with Gasteiger partial charge in [-0.15, -0.1) is 0 Å². The van der Waals surface area contributed by atoms with Crippen molar-refractivity contribution in [1.29, 1.82) is 0 Å². The van der Waals surface area contributed by atoms with Gasteiger partial charge in [0.1, 0.15) is 6.61 Å². The topological polar surface area (TPSA) is 50.7 Å². The third kappa shape index (κ3) is 5.76. The van der Waals surface area contributed by atoms with E-state index in [-0.39, 0.29) is 12.6 Å². The van der Waals surface area contributed by atoms with Crippen LogP contribution < -0.4 is 14.8 Å². The van der Waals surface area contributed by atoms with E-state index in [4.69, 9.17) is 9.47 Å². The van der Waals surface area contributed by atoms with Crippen molar-refractivity contribution in [3.63, 3.8) is 0 Å². The van der Waals surface area contributed by atoms with E-state index in [1.165, 1.54) is 11.1 Å². The summed E-state index contributed by atoms with van der Waals surface area (Å²) in [6, 6.07) is 14.3. The number of ether oxygens (including phenoxy) is 2. The smallest absolute Gasteiger partial charge is 0.161 e. The highest BCUT2D eigenvalue weighted by Crippen LogP contribution is 2.29. The van der Waals surface area contributed by atoms with Crippen LogP contribution in [0.2, 0.25) is 0 Å². The lowest BCUT2D eigenvalue weighted by atomic mass is 10.1. The summed E-state index contributed by atoms with van der Waals surface area (Å²) < 4.78 is 11.7. The van der Waals surface area contributed by atoms with E-state index in [0.29, 0.717) is 19.8 Å². The number of benzene rings is 2. The normalized spacial score (nSPS) is 12.0. The van der Waals surface area contributed by atoms with Gasteiger partial charge in [0.25, 0.3) is 0 Å². The Bertz CT molecular complexity index is 653. The Morgan fingerprint density at radius 2 is 1.84 bits per heavy atom. The van der Waals surface area contributed by atoms with Crippen molar-refractivity contribution in [1.82, 2.24) is 5.32 Å². The minimum absolute atomic E-state index is 0.118. The molecule has 0 aliphatic rings. The third-order valence-corrected chi connectivity index (χ3v) is 4.26. The highest BCUT2D eigenvalue weighted by atomic mass is 16.5. The highest BCUT2D eigenvalue weighted by molar-refractivity contribution is 5.43. The monoisotopic (exact) mass is 343 g/mol. The minimum atomic E-state index is 0.118. The molecule has 1 atom stereocenters. The van der Waals surface area contributed by atoms with Gasteiger partial charge in [0.2, 0.25) is 0 Å². The van der Waals surface area contributed by atoms with Gasteiger partial charge in [-0.05, 0) is 49.1 Å². The van der Waals surface area contributed by atoms with E-state index >= 15 is 0 Å². The van der Waals surface area contributed by atoms with Crippen molar-refractivity contribution in [2.45, 2.75) is 46.4 Å². The molecular weight excluding hydrogens is 314 g/mol. The van der Waals surface area contributed by atoms with Gasteiger partial charge in [-0.1, -0.05) is 37.3 Å². The molecule has 2 N–H and O–H groups in total. The first kappa shape index (κ1) is 19.3. The van der Waals surface area contributed by atoms with E-state index in [1.807, 2.05) is 37.3 Å². The quantitative estimate of drug-likeness (QED) is 0.688. The molecule has 2 aromatic rings. The number of aliphatic hydroxyl groups is 1. The third-order valence-electron chi connectivity index (χ3n) is 4.26. The second-order valence-electron chi connectivity index (χ2n) is 6.10. The molecule has 0 bridgehead atoms. The first-order chi connectivity index (χ1) is 12.2. The SMILES string of the molecule is CCOc1cc(CNC(CC)CO)ccc1OCc1ccccc1C. The Morgan fingerprint density at radius 1 is 1.04 bits per heavy atom. The Labute approximate surface area is 150 Å². The summed E-state index contributed by atoms with van der Waals surface area (Å²) in [5.74, 6) is 1.51. The fourth-order valence-electron chi connectivity index (χ4n) is 2.58. The van der Waals surface area contributed by atoms with Crippen LogP contribution in [0.3, 0.4) is 0 Å². The fourth-order valence-corrected chi connectivity index (χ4v) is 2.58. The van der Waals surface area contributed by atoms with Crippen molar-refractivity contribution in [2.24, 2.45) is 0 Å². The largest absolute Gasteiger partial charge is 0.490 e. The number of nitrogens with one attached hydrogen (secondary N) is 1. The maximum atomic E-state index is 9.28. The molecular formula is C21H29NO3. The minimum Gasteiger partial charge on any atom is -0.490 e. The molecule has 136 valence electrons. The number of hydrogen-bond donors (Lipinski definition) is 2. The number of aryl methyl sites for hydroxylation is 1. The maximum Gasteiger partial charge on any atom is 0.161 e. The van der Waals surface area contributed by atoms with Crippen molar-refractivity contribution in [3.05, 3.63) is 59.2 Å². The van der Waals surface area contributed by atoms with E-state index in [9.17, 15) is 5.11 Å². The van der Waals surface area contributed by atoms with Crippen LogP contribution in [0.4, 0.5) is 0 Å². The van der Waals surface area contributed by atoms with Gasteiger partial charge in [0, 0.05) is 12.6 Å². The van der Waals surface area contributed by atoms with Crippen LogP contribution >= 0.6 is 0 Å². The molecule has 25 heavy (non-hydrogen) atoms. The van der Waals surface area contributed by atoms with Gasteiger partial charge in [0.05, 0.1) is 13.2 Å². The van der Waals surface area contributed by atoms with Crippen LogP contribution in [0.1, 0.15) is 37.0 Å². The van der Waals surface area contributed by atoms with E-state index in [0.717, 1.165) is 23.5 Å². The van der Waals surface area contributed by atoms with Crippen LogP contribution in [0.15, 0.2) is 42.5 Å². The molecule has 0 fully saturated rings. The van der Waals surface area contributed by atoms with Crippen LogP contribution in [0.5, 0.6) is 11.5 Å². The van der Waals surface area contributed by atoms with Crippen LogP contribution in [-0.2, 0) is 13.2 Å². The molecule has 4 heteroatoms. The molecule has 0 saturated heterocycles. The average molecular weight is 343 g/mol. The standard InChI is InChI=1S/C21H29NO3/c1-4-19(14-23)22-13-17-10-11-20(21(12-17)24-5-2)25-15-18-9-7-6-8-16(18)3/h6-12,19,22-23H,4-5,13-15H2,1-3H3. The zero-order valence-electron chi connectivity index (χ0n) is 15.4. The highest BCUT2D eigenvalue weighted by Gasteiger charge is 2.09.